The fourth-order valence-electron chi connectivity index (χ4n) is 2.13. The van der Waals surface area contributed by atoms with Gasteiger partial charge in [-0.2, -0.15) is 13.2 Å². The molecule has 0 radical (unpaired) electrons. The van der Waals surface area contributed by atoms with Crippen LogP contribution in [0.5, 0.6) is 5.75 Å². The first-order chi connectivity index (χ1) is 11.8. The fourth-order valence-corrected chi connectivity index (χ4v) is 2.67. The van der Waals surface area contributed by atoms with Gasteiger partial charge in [-0.15, -0.1) is 0 Å². The van der Waals surface area contributed by atoms with Crippen molar-refractivity contribution >= 4 is 38.6 Å². The van der Waals surface area contributed by atoms with E-state index in [-0.39, 0.29) is 11.6 Å². The fraction of sp³-hybridized carbons (Fsp3) is 0.125. The first-order valence-electron chi connectivity index (χ1n) is 6.90. The minimum Gasteiger partial charge on any atom is -0.496 e. The van der Waals surface area contributed by atoms with Gasteiger partial charge in [0.2, 0.25) is 5.89 Å². The topological polar surface area (TPSA) is 64.4 Å². The summed E-state index contributed by atoms with van der Waals surface area (Å²) in [6.45, 7) is 0. The molecular formula is C16H10BrF3N2O3. The molecule has 0 atom stereocenters. The maximum atomic E-state index is 12.3. The number of rotatable bonds is 3. The average molecular weight is 415 g/mol. The molecular weight excluding hydrogens is 405 g/mol. The van der Waals surface area contributed by atoms with Gasteiger partial charge in [0.25, 0.3) is 0 Å². The molecule has 3 rings (SSSR count). The highest BCUT2D eigenvalue weighted by molar-refractivity contribution is 9.10. The van der Waals surface area contributed by atoms with Crippen molar-refractivity contribution in [2.75, 3.05) is 12.4 Å². The lowest BCUT2D eigenvalue weighted by molar-refractivity contribution is -0.167. The van der Waals surface area contributed by atoms with E-state index in [0.29, 0.717) is 26.9 Å². The van der Waals surface area contributed by atoms with E-state index in [0.717, 1.165) is 0 Å². The number of anilines is 1. The third kappa shape index (κ3) is 3.60. The number of carbonyl (C=O) groups excluding carboxylic acids is 1. The van der Waals surface area contributed by atoms with Crippen molar-refractivity contribution in [2.24, 2.45) is 0 Å². The standard InChI is InChI=1S/C16H10BrF3N2O3/c1-24-12-4-2-8(6-10(12)17)14-22-11-7-9(3-5-13(11)25-14)21-15(23)16(18,19)20/h2-7H,1H3,(H,21,23). The van der Waals surface area contributed by atoms with Crippen molar-refractivity contribution in [2.45, 2.75) is 6.18 Å². The van der Waals surface area contributed by atoms with Gasteiger partial charge in [-0.25, -0.2) is 4.98 Å². The second-order valence-corrected chi connectivity index (χ2v) is 5.86. The summed E-state index contributed by atoms with van der Waals surface area (Å²) >= 11 is 3.36. The Bertz CT molecular complexity index is 953. The molecule has 0 saturated carbocycles. The summed E-state index contributed by atoms with van der Waals surface area (Å²) in [6.07, 6.45) is -4.96. The smallest absolute Gasteiger partial charge is 0.471 e. The molecule has 0 saturated heterocycles. The van der Waals surface area contributed by atoms with E-state index in [1.165, 1.54) is 25.3 Å². The Morgan fingerprint density at radius 2 is 2.00 bits per heavy atom. The highest BCUT2D eigenvalue weighted by Gasteiger charge is 2.38. The van der Waals surface area contributed by atoms with Gasteiger partial charge in [0.15, 0.2) is 5.58 Å². The number of nitrogens with one attached hydrogen (secondary N) is 1. The molecule has 0 aliphatic carbocycles. The molecule has 9 heteroatoms. The second kappa shape index (κ2) is 6.40. The number of methoxy groups -OCH3 is 1. The van der Waals surface area contributed by atoms with Crippen LogP contribution in [0.15, 0.2) is 45.3 Å². The van der Waals surface area contributed by atoms with Crippen molar-refractivity contribution in [3.63, 3.8) is 0 Å². The number of aromatic nitrogens is 1. The van der Waals surface area contributed by atoms with Crippen LogP contribution in [0.4, 0.5) is 18.9 Å². The zero-order chi connectivity index (χ0) is 18.2. The molecule has 1 amide bonds. The van der Waals surface area contributed by atoms with Gasteiger partial charge in [0, 0.05) is 11.3 Å². The van der Waals surface area contributed by atoms with Crippen molar-refractivity contribution in [1.29, 1.82) is 0 Å². The number of amides is 1. The maximum absolute atomic E-state index is 12.3. The molecule has 1 aromatic heterocycles. The zero-order valence-corrected chi connectivity index (χ0v) is 14.2. The van der Waals surface area contributed by atoms with Gasteiger partial charge >= 0.3 is 12.1 Å². The van der Waals surface area contributed by atoms with Gasteiger partial charge < -0.3 is 14.5 Å². The average Bonchev–Trinajstić information content (AvgIpc) is 2.97. The number of halogens is 4. The summed E-state index contributed by atoms with van der Waals surface area (Å²) < 4.78 is 48.4. The highest BCUT2D eigenvalue weighted by atomic mass is 79.9. The number of fused-ring (bicyclic) bond motifs is 1. The first-order valence-corrected chi connectivity index (χ1v) is 7.70. The number of carbonyl (C=O) groups is 1. The number of nitrogens with zero attached hydrogens (tertiary/aromatic N) is 1. The van der Waals surface area contributed by atoms with E-state index >= 15 is 0 Å². The summed E-state index contributed by atoms with van der Waals surface area (Å²) in [6, 6.07) is 9.27. The predicted octanol–water partition coefficient (Wildman–Crippen LogP) is 4.77. The lowest BCUT2D eigenvalue weighted by Crippen LogP contribution is -2.29. The molecule has 130 valence electrons. The molecule has 0 unspecified atom stereocenters. The van der Waals surface area contributed by atoms with Crippen LogP contribution in [0.1, 0.15) is 0 Å². The summed E-state index contributed by atoms with van der Waals surface area (Å²) in [5, 5.41) is 1.78. The predicted molar refractivity (Wildman–Crippen MR) is 88.4 cm³/mol. The van der Waals surface area contributed by atoms with E-state index in [9.17, 15) is 18.0 Å². The van der Waals surface area contributed by atoms with Gasteiger partial charge in [0.1, 0.15) is 11.3 Å². The summed E-state index contributed by atoms with van der Waals surface area (Å²) in [4.78, 5) is 15.2. The van der Waals surface area contributed by atoms with Crippen molar-refractivity contribution < 1.29 is 27.1 Å². The van der Waals surface area contributed by atoms with Gasteiger partial charge in [0.05, 0.1) is 11.6 Å². The Balaban J connectivity index is 1.93. The molecule has 1 heterocycles. The monoisotopic (exact) mass is 414 g/mol. The zero-order valence-electron chi connectivity index (χ0n) is 12.6. The normalized spacial score (nSPS) is 11.6. The Kier molecular flexibility index (Phi) is 4.42. The molecule has 3 aromatic rings. The minimum absolute atomic E-state index is 0.0226. The van der Waals surface area contributed by atoms with Gasteiger partial charge in [-0.3, -0.25) is 4.79 Å². The number of hydrogen-bond acceptors (Lipinski definition) is 4. The Morgan fingerprint density at radius 1 is 1.24 bits per heavy atom. The van der Waals surface area contributed by atoms with Crippen LogP contribution in [-0.2, 0) is 4.79 Å². The summed E-state index contributed by atoms with van der Waals surface area (Å²) in [5.41, 5.74) is 1.34. The molecule has 0 bridgehead atoms. The maximum Gasteiger partial charge on any atom is 0.471 e. The van der Waals surface area contributed by atoms with E-state index in [1.807, 2.05) is 0 Å². The lowest BCUT2D eigenvalue weighted by atomic mass is 10.2. The molecule has 0 fully saturated rings. The van der Waals surface area contributed by atoms with Gasteiger partial charge in [-0.1, -0.05) is 0 Å². The summed E-state index contributed by atoms with van der Waals surface area (Å²) in [5.74, 6) is -1.12. The molecule has 5 nitrogen and oxygen atoms in total. The van der Waals surface area contributed by atoms with Crippen LogP contribution in [0.25, 0.3) is 22.6 Å². The molecule has 25 heavy (non-hydrogen) atoms. The van der Waals surface area contributed by atoms with Crippen LogP contribution in [0.2, 0.25) is 0 Å². The largest absolute Gasteiger partial charge is 0.496 e. The number of ether oxygens (including phenoxy) is 1. The van der Waals surface area contributed by atoms with E-state index < -0.39 is 12.1 Å². The Morgan fingerprint density at radius 3 is 2.64 bits per heavy atom. The quantitative estimate of drug-likeness (QED) is 0.670. The molecule has 0 aliphatic heterocycles. The Hall–Kier alpha value is -2.55. The minimum atomic E-state index is -4.96. The Labute approximate surface area is 147 Å². The van der Waals surface area contributed by atoms with Crippen molar-refractivity contribution in [1.82, 2.24) is 4.98 Å². The molecule has 2 aromatic carbocycles. The van der Waals surface area contributed by atoms with Gasteiger partial charge in [-0.05, 0) is 52.3 Å². The first kappa shape index (κ1) is 17.3. The van der Waals surface area contributed by atoms with Crippen molar-refractivity contribution in [3.8, 4) is 17.2 Å². The molecule has 1 N–H and O–H groups in total. The van der Waals surface area contributed by atoms with E-state index in [4.69, 9.17) is 9.15 Å². The highest BCUT2D eigenvalue weighted by Crippen LogP contribution is 2.32. The molecule has 0 spiro atoms. The summed E-state index contributed by atoms with van der Waals surface area (Å²) in [7, 11) is 1.54. The number of oxazole rings is 1. The van der Waals surface area contributed by atoms with Crippen LogP contribution in [0, 0.1) is 0 Å². The SMILES string of the molecule is COc1ccc(-c2nc3cc(NC(=O)C(F)(F)F)ccc3o2)cc1Br. The van der Waals surface area contributed by atoms with Crippen LogP contribution in [-0.4, -0.2) is 24.2 Å². The van der Waals surface area contributed by atoms with Crippen LogP contribution in [0.3, 0.4) is 0 Å². The lowest BCUT2D eigenvalue weighted by Gasteiger charge is -2.07. The third-order valence-corrected chi connectivity index (χ3v) is 3.92. The molecule has 0 aliphatic rings. The van der Waals surface area contributed by atoms with Crippen molar-refractivity contribution in [3.05, 3.63) is 40.9 Å². The third-order valence-electron chi connectivity index (χ3n) is 3.30. The number of alkyl halides is 3. The number of hydrogen-bond donors (Lipinski definition) is 1. The van der Waals surface area contributed by atoms with E-state index in [1.54, 1.807) is 23.5 Å². The van der Waals surface area contributed by atoms with Crippen LogP contribution >= 0.6 is 15.9 Å². The number of benzene rings is 2. The van der Waals surface area contributed by atoms with E-state index in [2.05, 4.69) is 20.9 Å². The second-order valence-electron chi connectivity index (χ2n) is 5.00. The van der Waals surface area contributed by atoms with Crippen LogP contribution < -0.4 is 10.1 Å².